The molecule has 0 atom stereocenters. The summed E-state index contributed by atoms with van der Waals surface area (Å²) in [5.41, 5.74) is 5.43. The summed E-state index contributed by atoms with van der Waals surface area (Å²) in [5, 5.41) is 0. The zero-order valence-corrected chi connectivity index (χ0v) is 14.8. The van der Waals surface area contributed by atoms with Crippen molar-refractivity contribution in [2.45, 2.75) is 32.2 Å². The Labute approximate surface area is 148 Å². The average molecular weight is 336 g/mol. The molecule has 1 N–H and O–H groups in total. The van der Waals surface area contributed by atoms with Crippen molar-refractivity contribution in [3.63, 3.8) is 0 Å². The number of piperidine rings is 1. The first kappa shape index (κ1) is 16.1. The lowest BCUT2D eigenvalue weighted by Gasteiger charge is -2.31. The van der Waals surface area contributed by atoms with Gasteiger partial charge in [0.1, 0.15) is 11.3 Å². The third kappa shape index (κ3) is 3.51. The molecule has 1 aromatic carbocycles. The molecular formula is C20H24N4O. The third-order valence-corrected chi connectivity index (χ3v) is 5.04. The second-order valence-electron chi connectivity index (χ2n) is 6.87. The first-order valence-corrected chi connectivity index (χ1v) is 8.89. The van der Waals surface area contributed by atoms with E-state index < -0.39 is 0 Å². The molecule has 0 unspecified atom stereocenters. The highest BCUT2D eigenvalue weighted by atomic mass is 16.5. The van der Waals surface area contributed by atoms with E-state index in [2.05, 4.69) is 44.1 Å². The van der Waals surface area contributed by atoms with Gasteiger partial charge in [-0.1, -0.05) is 12.1 Å². The van der Waals surface area contributed by atoms with Gasteiger partial charge in [0.2, 0.25) is 0 Å². The van der Waals surface area contributed by atoms with Crippen molar-refractivity contribution in [2.75, 3.05) is 20.2 Å². The van der Waals surface area contributed by atoms with Crippen LogP contribution in [0.15, 0.2) is 36.5 Å². The smallest absolute Gasteiger partial charge is 0.156 e. The van der Waals surface area contributed by atoms with Crippen LogP contribution < -0.4 is 4.74 Å². The van der Waals surface area contributed by atoms with Crippen LogP contribution in [0.4, 0.5) is 0 Å². The molecule has 1 fully saturated rings. The van der Waals surface area contributed by atoms with Crippen LogP contribution in [0.1, 0.15) is 35.7 Å². The summed E-state index contributed by atoms with van der Waals surface area (Å²) in [6.45, 7) is 5.18. The minimum Gasteiger partial charge on any atom is -0.497 e. The van der Waals surface area contributed by atoms with E-state index in [0.29, 0.717) is 5.92 Å². The highest BCUT2D eigenvalue weighted by Gasteiger charge is 2.22. The van der Waals surface area contributed by atoms with E-state index in [0.717, 1.165) is 55.1 Å². The Morgan fingerprint density at radius 1 is 1.24 bits per heavy atom. The SMILES string of the molecule is COc1cccc(CN2CCC(c3cc4ncc(C)nc4[nH]3)CC2)c1. The molecule has 0 saturated carbocycles. The van der Waals surface area contributed by atoms with Gasteiger partial charge < -0.3 is 9.72 Å². The van der Waals surface area contributed by atoms with E-state index in [4.69, 9.17) is 4.74 Å². The molecule has 0 spiro atoms. The fourth-order valence-electron chi connectivity index (χ4n) is 3.66. The Morgan fingerprint density at radius 2 is 2.08 bits per heavy atom. The second-order valence-corrected chi connectivity index (χ2v) is 6.87. The molecule has 3 aromatic rings. The molecular weight excluding hydrogens is 312 g/mol. The quantitative estimate of drug-likeness (QED) is 0.790. The number of benzene rings is 1. The van der Waals surface area contributed by atoms with Gasteiger partial charge in [0, 0.05) is 24.4 Å². The van der Waals surface area contributed by atoms with Crippen LogP contribution in [0.3, 0.4) is 0 Å². The van der Waals surface area contributed by atoms with E-state index in [1.54, 1.807) is 7.11 Å². The number of aromatic nitrogens is 3. The van der Waals surface area contributed by atoms with Gasteiger partial charge in [-0.25, -0.2) is 4.98 Å². The zero-order valence-electron chi connectivity index (χ0n) is 14.8. The maximum Gasteiger partial charge on any atom is 0.156 e. The number of likely N-dealkylation sites (tertiary alicyclic amines) is 1. The number of nitrogens with zero attached hydrogens (tertiary/aromatic N) is 3. The maximum absolute atomic E-state index is 5.32. The number of aromatic amines is 1. The lowest BCUT2D eigenvalue weighted by Crippen LogP contribution is -2.32. The third-order valence-electron chi connectivity index (χ3n) is 5.04. The highest BCUT2D eigenvalue weighted by Crippen LogP contribution is 2.29. The van der Waals surface area contributed by atoms with Gasteiger partial charge in [-0.2, -0.15) is 0 Å². The molecule has 130 valence electrons. The van der Waals surface area contributed by atoms with Crippen LogP contribution in [0, 0.1) is 6.92 Å². The molecule has 1 aliphatic rings. The van der Waals surface area contributed by atoms with Crippen molar-refractivity contribution >= 4 is 11.2 Å². The van der Waals surface area contributed by atoms with Gasteiger partial charge in [0.05, 0.1) is 12.8 Å². The van der Waals surface area contributed by atoms with Crippen molar-refractivity contribution in [3.05, 3.63) is 53.5 Å². The predicted molar refractivity (Wildman–Crippen MR) is 98.9 cm³/mol. The topological polar surface area (TPSA) is 54.0 Å². The van der Waals surface area contributed by atoms with E-state index in [1.807, 2.05) is 19.2 Å². The van der Waals surface area contributed by atoms with Gasteiger partial charge in [0.25, 0.3) is 0 Å². The van der Waals surface area contributed by atoms with E-state index in [-0.39, 0.29) is 0 Å². The summed E-state index contributed by atoms with van der Waals surface area (Å²) in [6, 6.07) is 10.5. The van der Waals surface area contributed by atoms with Gasteiger partial charge in [-0.05, 0) is 56.6 Å². The molecule has 0 amide bonds. The van der Waals surface area contributed by atoms with Crippen LogP contribution in [0.2, 0.25) is 0 Å². The zero-order chi connectivity index (χ0) is 17.2. The minimum absolute atomic E-state index is 0.567. The molecule has 5 heteroatoms. The highest BCUT2D eigenvalue weighted by molar-refractivity contribution is 5.71. The maximum atomic E-state index is 5.32. The lowest BCUT2D eigenvalue weighted by molar-refractivity contribution is 0.203. The van der Waals surface area contributed by atoms with Crippen LogP contribution in [-0.4, -0.2) is 40.1 Å². The molecule has 25 heavy (non-hydrogen) atoms. The molecule has 2 aromatic heterocycles. The Hall–Kier alpha value is -2.40. The Kier molecular flexibility index (Phi) is 4.40. The van der Waals surface area contributed by atoms with Crippen LogP contribution in [0.25, 0.3) is 11.2 Å². The summed E-state index contributed by atoms with van der Waals surface area (Å²) in [4.78, 5) is 15.0. The number of nitrogens with one attached hydrogen (secondary N) is 1. The van der Waals surface area contributed by atoms with Gasteiger partial charge >= 0.3 is 0 Å². The number of H-pyrrole nitrogens is 1. The van der Waals surface area contributed by atoms with E-state index in [1.165, 1.54) is 11.3 Å². The predicted octanol–water partition coefficient (Wildman–Crippen LogP) is 3.65. The van der Waals surface area contributed by atoms with Crippen molar-refractivity contribution in [2.24, 2.45) is 0 Å². The van der Waals surface area contributed by atoms with Crippen molar-refractivity contribution in [1.29, 1.82) is 0 Å². The molecule has 0 aliphatic carbocycles. The van der Waals surface area contributed by atoms with Crippen molar-refractivity contribution in [3.8, 4) is 5.75 Å². The van der Waals surface area contributed by atoms with Crippen LogP contribution in [-0.2, 0) is 6.54 Å². The number of methoxy groups -OCH3 is 1. The fourth-order valence-corrected chi connectivity index (χ4v) is 3.66. The average Bonchev–Trinajstić information content (AvgIpc) is 3.05. The number of ether oxygens (including phenoxy) is 1. The molecule has 1 saturated heterocycles. The van der Waals surface area contributed by atoms with E-state index in [9.17, 15) is 0 Å². The number of rotatable bonds is 4. The molecule has 5 nitrogen and oxygen atoms in total. The number of hydrogen-bond donors (Lipinski definition) is 1. The van der Waals surface area contributed by atoms with Crippen LogP contribution >= 0.6 is 0 Å². The molecule has 3 heterocycles. The fraction of sp³-hybridized carbons (Fsp3) is 0.400. The standard InChI is InChI=1S/C20H24N4O/c1-14-12-21-19-11-18(23-20(19)22-14)16-6-8-24(9-7-16)13-15-4-3-5-17(10-15)25-2/h3-5,10-12,16H,6-9,13H2,1-2H3,(H,22,23). The van der Waals surface area contributed by atoms with Crippen LogP contribution in [0.5, 0.6) is 5.75 Å². The number of hydrogen-bond acceptors (Lipinski definition) is 4. The summed E-state index contributed by atoms with van der Waals surface area (Å²) >= 11 is 0. The van der Waals surface area contributed by atoms with Crippen molar-refractivity contribution in [1.82, 2.24) is 19.9 Å². The van der Waals surface area contributed by atoms with Gasteiger partial charge in [-0.3, -0.25) is 9.88 Å². The summed E-state index contributed by atoms with van der Waals surface area (Å²) in [5.74, 6) is 1.50. The Balaban J connectivity index is 1.40. The van der Waals surface area contributed by atoms with E-state index >= 15 is 0 Å². The first-order valence-electron chi connectivity index (χ1n) is 8.89. The first-order chi connectivity index (χ1) is 12.2. The number of fused-ring (bicyclic) bond motifs is 1. The summed E-state index contributed by atoms with van der Waals surface area (Å²) < 4.78 is 5.32. The number of aryl methyl sites for hydroxylation is 1. The Bertz CT molecular complexity index is 865. The largest absolute Gasteiger partial charge is 0.497 e. The normalized spacial score (nSPS) is 16.4. The van der Waals surface area contributed by atoms with Gasteiger partial charge in [0.15, 0.2) is 5.65 Å². The minimum atomic E-state index is 0.567. The van der Waals surface area contributed by atoms with Crippen molar-refractivity contribution < 1.29 is 4.74 Å². The second kappa shape index (κ2) is 6.84. The molecule has 1 aliphatic heterocycles. The summed E-state index contributed by atoms with van der Waals surface area (Å²) in [6.07, 6.45) is 4.15. The Morgan fingerprint density at radius 3 is 2.88 bits per heavy atom. The molecule has 4 rings (SSSR count). The summed E-state index contributed by atoms with van der Waals surface area (Å²) in [7, 11) is 1.72. The molecule has 0 bridgehead atoms. The lowest BCUT2D eigenvalue weighted by atomic mass is 9.93. The monoisotopic (exact) mass is 336 g/mol. The molecule has 0 radical (unpaired) electrons. The van der Waals surface area contributed by atoms with Gasteiger partial charge in [-0.15, -0.1) is 0 Å².